The molecule has 24 heavy (non-hydrogen) atoms. The van der Waals surface area contributed by atoms with E-state index < -0.39 is 0 Å². The summed E-state index contributed by atoms with van der Waals surface area (Å²) in [4.78, 5) is 12.1. The van der Waals surface area contributed by atoms with Gasteiger partial charge in [-0.3, -0.25) is 4.79 Å². The van der Waals surface area contributed by atoms with Gasteiger partial charge in [0.05, 0.1) is 0 Å². The van der Waals surface area contributed by atoms with E-state index in [2.05, 4.69) is 23.6 Å². The zero-order valence-corrected chi connectivity index (χ0v) is 14.9. The fourth-order valence-corrected chi connectivity index (χ4v) is 4.35. The summed E-state index contributed by atoms with van der Waals surface area (Å²) in [5, 5.41) is 7.40. The van der Waals surface area contributed by atoms with E-state index in [-0.39, 0.29) is 11.9 Å². The van der Waals surface area contributed by atoms with Crippen LogP contribution in [0.2, 0.25) is 0 Å². The fraction of sp³-hybridized carbons (Fsp3) is 0.650. The highest BCUT2D eigenvalue weighted by Crippen LogP contribution is 2.36. The fourth-order valence-electron chi connectivity index (χ4n) is 4.35. The lowest BCUT2D eigenvalue weighted by Crippen LogP contribution is -2.30. The SMILES string of the molecule is Cc1ccc(C(N)=O)c(C2CCCCCN2)c1C1CCCCCN1. The number of aryl methyl sites for hydroxylation is 1. The molecule has 132 valence electrons. The molecule has 0 aliphatic carbocycles. The highest BCUT2D eigenvalue weighted by molar-refractivity contribution is 5.95. The van der Waals surface area contributed by atoms with Crippen LogP contribution in [0.3, 0.4) is 0 Å². The van der Waals surface area contributed by atoms with Gasteiger partial charge in [0.1, 0.15) is 0 Å². The minimum absolute atomic E-state index is 0.245. The second-order valence-corrected chi connectivity index (χ2v) is 7.33. The lowest BCUT2D eigenvalue weighted by atomic mass is 9.84. The van der Waals surface area contributed by atoms with E-state index in [4.69, 9.17) is 5.73 Å². The molecular formula is C20H31N3O. The summed E-state index contributed by atoms with van der Waals surface area (Å²) in [7, 11) is 0. The number of amides is 1. The van der Waals surface area contributed by atoms with E-state index in [0.717, 1.165) is 25.9 Å². The average molecular weight is 329 g/mol. The summed E-state index contributed by atoms with van der Waals surface area (Å²) >= 11 is 0. The van der Waals surface area contributed by atoms with Gasteiger partial charge in [0.25, 0.3) is 0 Å². The smallest absolute Gasteiger partial charge is 0.249 e. The van der Waals surface area contributed by atoms with Crippen molar-refractivity contribution in [3.05, 3.63) is 34.4 Å². The Morgan fingerprint density at radius 1 is 0.917 bits per heavy atom. The van der Waals surface area contributed by atoms with Gasteiger partial charge < -0.3 is 16.4 Å². The highest BCUT2D eigenvalue weighted by atomic mass is 16.1. The molecule has 2 atom stereocenters. The number of nitrogens with two attached hydrogens (primary N) is 1. The molecule has 2 fully saturated rings. The van der Waals surface area contributed by atoms with Crippen LogP contribution in [0.4, 0.5) is 0 Å². The van der Waals surface area contributed by atoms with Crippen molar-refractivity contribution >= 4 is 5.91 Å². The third-order valence-electron chi connectivity index (χ3n) is 5.59. The lowest BCUT2D eigenvalue weighted by Gasteiger charge is -2.28. The molecule has 2 heterocycles. The third kappa shape index (κ3) is 3.81. The number of hydrogen-bond acceptors (Lipinski definition) is 3. The van der Waals surface area contributed by atoms with Crippen LogP contribution in [0.25, 0.3) is 0 Å². The highest BCUT2D eigenvalue weighted by Gasteiger charge is 2.27. The average Bonchev–Trinajstić information content (AvgIpc) is 2.99. The first-order chi connectivity index (χ1) is 11.7. The number of primary amides is 1. The molecule has 0 saturated carbocycles. The Labute approximate surface area is 145 Å². The van der Waals surface area contributed by atoms with E-state index in [1.54, 1.807) is 0 Å². The van der Waals surface area contributed by atoms with Gasteiger partial charge in [-0.05, 0) is 68.5 Å². The second-order valence-electron chi connectivity index (χ2n) is 7.33. The molecule has 1 aromatic rings. The Morgan fingerprint density at radius 3 is 2.08 bits per heavy atom. The third-order valence-corrected chi connectivity index (χ3v) is 5.59. The number of rotatable bonds is 3. The standard InChI is InChI=1S/C20H31N3O/c1-14-10-11-15(20(21)24)19(17-9-5-3-7-13-23-17)18(14)16-8-4-2-6-12-22-16/h10-11,16-17,22-23H,2-9,12-13H2,1H3,(H2,21,24). The summed E-state index contributed by atoms with van der Waals surface area (Å²) in [5.74, 6) is -0.300. The molecule has 3 rings (SSSR count). The Morgan fingerprint density at radius 2 is 1.50 bits per heavy atom. The van der Waals surface area contributed by atoms with Crippen molar-refractivity contribution in [2.24, 2.45) is 5.73 Å². The van der Waals surface area contributed by atoms with E-state index in [0.29, 0.717) is 11.6 Å². The topological polar surface area (TPSA) is 67.2 Å². The molecular weight excluding hydrogens is 298 g/mol. The molecule has 1 amide bonds. The Kier molecular flexibility index (Phi) is 5.90. The number of carbonyl (C=O) groups is 1. The number of nitrogens with one attached hydrogen (secondary N) is 2. The molecule has 4 N–H and O–H groups in total. The van der Waals surface area contributed by atoms with Gasteiger partial charge >= 0.3 is 0 Å². The maximum Gasteiger partial charge on any atom is 0.249 e. The summed E-state index contributed by atoms with van der Waals surface area (Å²) < 4.78 is 0. The van der Waals surface area contributed by atoms with E-state index in [9.17, 15) is 4.79 Å². The quantitative estimate of drug-likeness (QED) is 0.795. The van der Waals surface area contributed by atoms with Crippen LogP contribution in [0.5, 0.6) is 0 Å². The van der Waals surface area contributed by atoms with Crippen molar-refractivity contribution in [2.75, 3.05) is 13.1 Å². The van der Waals surface area contributed by atoms with Gasteiger partial charge in [0.15, 0.2) is 0 Å². The summed E-state index contributed by atoms with van der Waals surface area (Å²) in [6, 6.07) is 4.59. The van der Waals surface area contributed by atoms with Crippen molar-refractivity contribution in [1.82, 2.24) is 10.6 Å². The lowest BCUT2D eigenvalue weighted by molar-refractivity contribution is 0.0998. The van der Waals surface area contributed by atoms with Crippen LogP contribution >= 0.6 is 0 Å². The molecule has 0 spiro atoms. The Hall–Kier alpha value is -1.39. The van der Waals surface area contributed by atoms with Crippen molar-refractivity contribution < 1.29 is 4.79 Å². The van der Waals surface area contributed by atoms with Crippen LogP contribution in [-0.2, 0) is 0 Å². The number of benzene rings is 1. The van der Waals surface area contributed by atoms with Crippen LogP contribution < -0.4 is 16.4 Å². The van der Waals surface area contributed by atoms with Crippen LogP contribution in [0.15, 0.2) is 12.1 Å². The van der Waals surface area contributed by atoms with Crippen LogP contribution in [0.1, 0.15) is 90.5 Å². The van der Waals surface area contributed by atoms with Crippen molar-refractivity contribution in [2.45, 2.75) is 70.4 Å². The largest absolute Gasteiger partial charge is 0.366 e. The van der Waals surface area contributed by atoms with Crippen molar-refractivity contribution in [3.8, 4) is 0 Å². The van der Waals surface area contributed by atoms with E-state index in [1.165, 1.54) is 55.2 Å². The van der Waals surface area contributed by atoms with Gasteiger partial charge in [0, 0.05) is 17.6 Å². The van der Waals surface area contributed by atoms with E-state index >= 15 is 0 Å². The maximum atomic E-state index is 12.1. The molecule has 2 aliphatic rings. The minimum Gasteiger partial charge on any atom is -0.366 e. The normalized spacial score (nSPS) is 25.7. The first-order valence-electron chi connectivity index (χ1n) is 9.58. The molecule has 0 bridgehead atoms. The van der Waals surface area contributed by atoms with Crippen molar-refractivity contribution in [3.63, 3.8) is 0 Å². The monoisotopic (exact) mass is 329 g/mol. The molecule has 2 aliphatic heterocycles. The molecule has 1 aromatic carbocycles. The summed E-state index contributed by atoms with van der Waals surface area (Å²) in [6.07, 6.45) is 9.68. The predicted molar refractivity (Wildman–Crippen MR) is 98.1 cm³/mol. The van der Waals surface area contributed by atoms with Gasteiger partial charge in [0.2, 0.25) is 5.91 Å². The number of hydrogen-bond donors (Lipinski definition) is 3. The number of carbonyl (C=O) groups excluding carboxylic acids is 1. The molecule has 2 saturated heterocycles. The molecule has 4 nitrogen and oxygen atoms in total. The Bertz CT molecular complexity index is 568. The zero-order valence-electron chi connectivity index (χ0n) is 14.9. The molecule has 2 unspecified atom stereocenters. The second kappa shape index (κ2) is 8.13. The molecule has 4 heteroatoms. The maximum absolute atomic E-state index is 12.1. The van der Waals surface area contributed by atoms with Gasteiger partial charge in [-0.2, -0.15) is 0 Å². The Balaban J connectivity index is 2.07. The van der Waals surface area contributed by atoms with Gasteiger partial charge in [-0.25, -0.2) is 0 Å². The van der Waals surface area contributed by atoms with E-state index in [1.807, 2.05) is 6.07 Å². The summed E-state index contributed by atoms with van der Waals surface area (Å²) in [6.45, 7) is 4.25. The van der Waals surface area contributed by atoms with Crippen molar-refractivity contribution in [1.29, 1.82) is 0 Å². The molecule has 0 aromatic heterocycles. The minimum atomic E-state index is -0.300. The summed E-state index contributed by atoms with van der Waals surface area (Å²) in [5.41, 5.74) is 10.2. The first-order valence-corrected chi connectivity index (χ1v) is 9.58. The molecule has 0 radical (unpaired) electrons. The van der Waals surface area contributed by atoms with Gasteiger partial charge in [-0.1, -0.05) is 31.7 Å². The zero-order chi connectivity index (χ0) is 16.9. The van der Waals surface area contributed by atoms with Crippen LogP contribution in [0, 0.1) is 6.92 Å². The van der Waals surface area contributed by atoms with Crippen LogP contribution in [-0.4, -0.2) is 19.0 Å². The first kappa shape index (κ1) is 17.4. The predicted octanol–water partition coefficient (Wildman–Crippen LogP) is 3.50. The van der Waals surface area contributed by atoms with Gasteiger partial charge in [-0.15, -0.1) is 0 Å².